The van der Waals surface area contributed by atoms with Crippen molar-refractivity contribution in [2.75, 3.05) is 4.90 Å². The third-order valence-electron chi connectivity index (χ3n) is 5.06. The molecule has 1 aliphatic rings. The van der Waals surface area contributed by atoms with Gasteiger partial charge in [-0.25, -0.2) is 0 Å². The number of nitro benzene ring substituents is 1. The van der Waals surface area contributed by atoms with Crippen LogP contribution in [0.5, 0.6) is 5.75 Å². The van der Waals surface area contributed by atoms with Gasteiger partial charge in [0.15, 0.2) is 4.32 Å². The van der Waals surface area contributed by atoms with Crippen molar-refractivity contribution in [2.24, 2.45) is 0 Å². The number of thiocarbonyl (C=S) groups is 1. The molecule has 1 saturated heterocycles. The molecule has 0 saturated carbocycles. The van der Waals surface area contributed by atoms with Crippen LogP contribution >= 0.6 is 35.6 Å². The molecule has 0 aliphatic carbocycles. The molecule has 12 heteroatoms. The fraction of sp³-hybridized carbons (Fsp3) is 0.0833. The molecule has 184 valence electrons. The Morgan fingerprint density at radius 1 is 1.11 bits per heavy atom. The standard InChI is InChI=1S/C24H14ClF3N2O4S2/c25-19-7-2-1-4-14(19)13-34-20-9-8-18(30(32)33)10-15(20)11-21-22(31)29(23(35)36-21)17-6-3-5-16(12-17)24(26,27)28/h1-12H,13H2. The number of hydrogen-bond donors (Lipinski definition) is 0. The maximum Gasteiger partial charge on any atom is 0.416 e. The molecule has 1 aliphatic heterocycles. The lowest BCUT2D eigenvalue weighted by molar-refractivity contribution is -0.384. The van der Waals surface area contributed by atoms with Crippen LogP contribution in [0.3, 0.4) is 0 Å². The Labute approximate surface area is 217 Å². The Morgan fingerprint density at radius 2 is 1.86 bits per heavy atom. The minimum absolute atomic E-state index is 0.0227. The fourth-order valence-corrected chi connectivity index (χ4v) is 4.80. The molecule has 1 fully saturated rings. The van der Waals surface area contributed by atoms with Gasteiger partial charge in [0, 0.05) is 28.3 Å². The quantitative estimate of drug-likeness (QED) is 0.139. The lowest BCUT2D eigenvalue weighted by atomic mass is 10.1. The van der Waals surface area contributed by atoms with E-state index in [-0.39, 0.29) is 38.5 Å². The number of halogens is 4. The first-order chi connectivity index (χ1) is 17.0. The highest BCUT2D eigenvalue weighted by Crippen LogP contribution is 2.39. The molecule has 0 bridgehead atoms. The molecule has 0 spiro atoms. The van der Waals surface area contributed by atoms with E-state index in [1.54, 1.807) is 24.3 Å². The highest BCUT2D eigenvalue weighted by molar-refractivity contribution is 8.27. The van der Waals surface area contributed by atoms with E-state index in [4.69, 9.17) is 28.6 Å². The minimum atomic E-state index is -4.59. The average molecular weight is 551 g/mol. The molecular formula is C24H14ClF3N2O4S2. The van der Waals surface area contributed by atoms with Crippen molar-refractivity contribution in [1.29, 1.82) is 0 Å². The van der Waals surface area contributed by atoms with Crippen molar-refractivity contribution >= 4 is 63.3 Å². The molecule has 3 aromatic carbocycles. The Balaban J connectivity index is 1.67. The van der Waals surface area contributed by atoms with Crippen LogP contribution in [0.4, 0.5) is 24.5 Å². The monoisotopic (exact) mass is 550 g/mol. The third-order valence-corrected chi connectivity index (χ3v) is 6.73. The molecule has 6 nitrogen and oxygen atoms in total. The number of hydrogen-bond acceptors (Lipinski definition) is 6. The molecule has 1 heterocycles. The van der Waals surface area contributed by atoms with E-state index in [9.17, 15) is 28.1 Å². The number of benzene rings is 3. The second kappa shape index (κ2) is 10.3. The molecule has 1 amide bonds. The van der Waals surface area contributed by atoms with Crippen molar-refractivity contribution in [3.63, 3.8) is 0 Å². The number of alkyl halides is 3. The topological polar surface area (TPSA) is 72.7 Å². The Hall–Kier alpha value is -3.41. The molecule has 36 heavy (non-hydrogen) atoms. The predicted octanol–water partition coefficient (Wildman–Crippen LogP) is 7.25. The third kappa shape index (κ3) is 5.53. The van der Waals surface area contributed by atoms with Crippen LogP contribution < -0.4 is 9.64 Å². The predicted molar refractivity (Wildman–Crippen MR) is 136 cm³/mol. The summed E-state index contributed by atoms with van der Waals surface area (Å²) in [4.78, 5) is 24.9. The number of amides is 1. The van der Waals surface area contributed by atoms with Crippen LogP contribution in [0.2, 0.25) is 5.02 Å². The van der Waals surface area contributed by atoms with Gasteiger partial charge in [-0.05, 0) is 36.4 Å². The summed E-state index contributed by atoms with van der Waals surface area (Å²) in [6.45, 7) is 0.0590. The molecule has 4 rings (SSSR count). The van der Waals surface area contributed by atoms with Crippen LogP contribution in [0.15, 0.2) is 71.6 Å². The average Bonchev–Trinajstić information content (AvgIpc) is 3.11. The Kier molecular flexibility index (Phi) is 7.34. The molecule has 0 atom stereocenters. The van der Waals surface area contributed by atoms with E-state index >= 15 is 0 Å². The number of thioether (sulfide) groups is 1. The maximum atomic E-state index is 13.2. The van der Waals surface area contributed by atoms with Gasteiger partial charge in [-0.2, -0.15) is 13.2 Å². The van der Waals surface area contributed by atoms with Crippen LogP contribution in [0.1, 0.15) is 16.7 Å². The van der Waals surface area contributed by atoms with E-state index < -0.39 is 22.6 Å². The normalized spacial score (nSPS) is 15.0. The zero-order valence-electron chi connectivity index (χ0n) is 18.0. The summed E-state index contributed by atoms with van der Waals surface area (Å²) in [6.07, 6.45) is -3.23. The second-order valence-electron chi connectivity index (χ2n) is 7.42. The molecule has 0 unspecified atom stereocenters. The van der Waals surface area contributed by atoms with Gasteiger partial charge in [0.1, 0.15) is 12.4 Å². The second-order valence-corrected chi connectivity index (χ2v) is 9.51. The number of nitro groups is 1. The minimum Gasteiger partial charge on any atom is -0.488 e. The summed E-state index contributed by atoms with van der Waals surface area (Å²) in [7, 11) is 0. The van der Waals surface area contributed by atoms with E-state index in [1.807, 2.05) is 0 Å². The zero-order valence-corrected chi connectivity index (χ0v) is 20.4. The number of non-ortho nitro benzene ring substituents is 1. The van der Waals surface area contributed by atoms with Crippen molar-refractivity contribution in [3.05, 3.63) is 103 Å². The number of anilines is 1. The summed E-state index contributed by atoms with van der Waals surface area (Å²) in [5.41, 5.74) is -0.295. The van der Waals surface area contributed by atoms with Gasteiger partial charge in [-0.15, -0.1) is 0 Å². The number of carbonyl (C=O) groups is 1. The van der Waals surface area contributed by atoms with Crippen LogP contribution in [-0.4, -0.2) is 15.2 Å². The van der Waals surface area contributed by atoms with Gasteiger partial charge in [0.2, 0.25) is 0 Å². The summed E-state index contributed by atoms with van der Waals surface area (Å²) in [5.74, 6) is -0.419. The van der Waals surface area contributed by atoms with E-state index in [0.717, 1.165) is 28.8 Å². The maximum absolute atomic E-state index is 13.2. The Bertz CT molecular complexity index is 1410. The van der Waals surface area contributed by atoms with Crippen molar-refractivity contribution < 1.29 is 27.6 Å². The first-order valence-corrected chi connectivity index (χ1v) is 11.7. The molecule has 0 aromatic heterocycles. The summed E-state index contributed by atoms with van der Waals surface area (Å²) < 4.78 is 45.3. The number of nitrogens with zero attached hydrogens (tertiary/aromatic N) is 2. The smallest absolute Gasteiger partial charge is 0.416 e. The largest absolute Gasteiger partial charge is 0.488 e. The zero-order chi connectivity index (χ0) is 26.0. The van der Waals surface area contributed by atoms with E-state index in [0.29, 0.717) is 10.6 Å². The highest BCUT2D eigenvalue weighted by atomic mass is 35.5. The number of carbonyl (C=O) groups excluding carboxylic acids is 1. The van der Waals surface area contributed by atoms with E-state index in [1.165, 1.54) is 36.4 Å². The van der Waals surface area contributed by atoms with Crippen molar-refractivity contribution in [1.82, 2.24) is 0 Å². The first kappa shape index (κ1) is 25.7. The lowest BCUT2D eigenvalue weighted by Gasteiger charge is -2.16. The molecule has 3 aromatic rings. The van der Waals surface area contributed by atoms with Gasteiger partial charge < -0.3 is 4.74 Å². The van der Waals surface area contributed by atoms with Gasteiger partial charge in [-0.3, -0.25) is 19.8 Å². The van der Waals surface area contributed by atoms with Crippen LogP contribution in [0.25, 0.3) is 6.08 Å². The van der Waals surface area contributed by atoms with Gasteiger partial charge in [0.25, 0.3) is 11.6 Å². The molecule has 0 N–H and O–H groups in total. The van der Waals surface area contributed by atoms with E-state index in [2.05, 4.69) is 0 Å². The number of rotatable bonds is 6. The first-order valence-electron chi connectivity index (χ1n) is 10.1. The van der Waals surface area contributed by atoms with Gasteiger partial charge in [-0.1, -0.05) is 59.8 Å². The van der Waals surface area contributed by atoms with Crippen LogP contribution in [-0.2, 0) is 17.6 Å². The number of ether oxygens (including phenoxy) is 1. The fourth-order valence-electron chi connectivity index (χ4n) is 3.32. The Morgan fingerprint density at radius 3 is 2.56 bits per heavy atom. The van der Waals surface area contributed by atoms with Crippen molar-refractivity contribution in [2.45, 2.75) is 12.8 Å². The molecule has 0 radical (unpaired) electrons. The van der Waals surface area contributed by atoms with Gasteiger partial charge in [0.05, 0.1) is 21.1 Å². The summed E-state index contributed by atoms with van der Waals surface area (Å²) >= 11 is 12.3. The lowest BCUT2D eigenvalue weighted by Crippen LogP contribution is -2.27. The van der Waals surface area contributed by atoms with Crippen molar-refractivity contribution in [3.8, 4) is 5.75 Å². The summed E-state index contributed by atoms with van der Waals surface area (Å²) in [5, 5.41) is 11.8. The SMILES string of the molecule is O=C1C(=Cc2cc([N+](=O)[O-])ccc2OCc2ccccc2Cl)SC(=S)N1c1cccc(C(F)(F)F)c1. The van der Waals surface area contributed by atoms with Crippen LogP contribution in [0, 0.1) is 10.1 Å². The van der Waals surface area contributed by atoms with Gasteiger partial charge >= 0.3 is 6.18 Å². The molecular weight excluding hydrogens is 537 g/mol. The highest BCUT2D eigenvalue weighted by Gasteiger charge is 2.36. The summed E-state index contributed by atoms with van der Waals surface area (Å²) in [6, 6.07) is 15.1.